The fourth-order valence-corrected chi connectivity index (χ4v) is 0.918. The van der Waals surface area contributed by atoms with E-state index in [9.17, 15) is 0 Å². The molecule has 0 N–H and O–H groups in total. The van der Waals surface area contributed by atoms with E-state index in [1.807, 2.05) is 26.0 Å². The molecule has 1 rings (SSSR count). The predicted molar refractivity (Wildman–Crippen MR) is 40.1 cm³/mol. The Kier molecular flexibility index (Phi) is 1.81. The zero-order valence-electron chi connectivity index (χ0n) is 6.13. The Morgan fingerprint density at radius 3 is 2.50 bits per heavy atom. The van der Waals surface area contributed by atoms with Crippen LogP contribution in [0.25, 0.3) is 0 Å². The molecule has 0 aliphatic rings. The SMILES string of the molecule is Cc1ccc(N=[N])c(C)c1. The summed E-state index contributed by atoms with van der Waals surface area (Å²) in [5, 5.41) is 3.11. The van der Waals surface area contributed by atoms with Crippen LogP contribution in [0.4, 0.5) is 5.69 Å². The molecule has 0 heterocycles. The maximum Gasteiger partial charge on any atom is 0.0904 e. The average molecular weight is 133 g/mol. The van der Waals surface area contributed by atoms with Crippen LogP contribution in [-0.4, -0.2) is 0 Å². The summed E-state index contributed by atoms with van der Waals surface area (Å²) in [6, 6.07) is 5.70. The van der Waals surface area contributed by atoms with Gasteiger partial charge in [-0.2, -0.15) is 0 Å². The molecule has 0 aromatic heterocycles. The van der Waals surface area contributed by atoms with Gasteiger partial charge in [0.05, 0.1) is 5.69 Å². The number of hydrogen-bond donors (Lipinski definition) is 0. The Balaban J connectivity index is 3.19. The second-order valence-corrected chi connectivity index (χ2v) is 2.39. The normalized spacial score (nSPS) is 9.40. The maximum atomic E-state index is 8.43. The van der Waals surface area contributed by atoms with Crippen LogP contribution in [0, 0.1) is 13.8 Å². The first-order valence-electron chi connectivity index (χ1n) is 3.16. The molecule has 10 heavy (non-hydrogen) atoms. The summed E-state index contributed by atoms with van der Waals surface area (Å²) < 4.78 is 0. The van der Waals surface area contributed by atoms with Crippen molar-refractivity contribution < 1.29 is 0 Å². The number of aryl methyl sites for hydroxylation is 2. The Morgan fingerprint density at radius 2 is 2.00 bits per heavy atom. The Bertz CT molecular complexity index is 253. The van der Waals surface area contributed by atoms with E-state index in [0.29, 0.717) is 5.69 Å². The third-order valence-corrected chi connectivity index (χ3v) is 1.46. The molecule has 0 aliphatic heterocycles. The van der Waals surface area contributed by atoms with Gasteiger partial charge in [-0.1, -0.05) is 17.7 Å². The lowest BCUT2D eigenvalue weighted by Crippen LogP contribution is -1.75. The molecule has 0 atom stereocenters. The van der Waals surface area contributed by atoms with E-state index in [-0.39, 0.29) is 0 Å². The van der Waals surface area contributed by atoms with Crippen LogP contribution < -0.4 is 5.53 Å². The molecule has 51 valence electrons. The molecule has 0 saturated heterocycles. The number of benzene rings is 1. The Labute approximate surface area is 60.4 Å². The van der Waals surface area contributed by atoms with E-state index in [0.717, 1.165) is 5.56 Å². The van der Waals surface area contributed by atoms with E-state index in [4.69, 9.17) is 5.53 Å². The van der Waals surface area contributed by atoms with Crippen LogP contribution in [0.2, 0.25) is 0 Å². The van der Waals surface area contributed by atoms with Gasteiger partial charge in [0, 0.05) is 0 Å². The van der Waals surface area contributed by atoms with Crippen LogP contribution in [0.1, 0.15) is 11.1 Å². The summed E-state index contributed by atoms with van der Waals surface area (Å²) in [7, 11) is 0. The third kappa shape index (κ3) is 1.21. The van der Waals surface area contributed by atoms with Gasteiger partial charge in [0.25, 0.3) is 0 Å². The topological polar surface area (TPSA) is 34.7 Å². The highest BCUT2D eigenvalue weighted by Crippen LogP contribution is 2.17. The minimum atomic E-state index is 0.644. The van der Waals surface area contributed by atoms with Crippen LogP contribution in [-0.2, 0) is 0 Å². The summed E-state index contributed by atoms with van der Waals surface area (Å²) >= 11 is 0. The van der Waals surface area contributed by atoms with Gasteiger partial charge in [-0.25, -0.2) is 0 Å². The van der Waals surface area contributed by atoms with Crippen LogP contribution in [0.5, 0.6) is 0 Å². The van der Waals surface area contributed by atoms with Crippen LogP contribution in [0.3, 0.4) is 0 Å². The van der Waals surface area contributed by atoms with Crippen molar-refractivity contribution in [3.8, 4) is 0 Å². The Morgan fingerprint density at radius 1 is 1.30 bits per heavy atom. The number of rotatable bonds is 1. The summed E-state index contributed by atoms with van der Waals surface area (Å²) in [6.45, 7) is 3.93. The molecule has 2 nitrogen and oxygen atoms in total. The van der Waals surface area contributed by atoms with Gasteiger partial charge in [0.1, 0.15) is 0 Å². The smallest absolute Gasteiger partial charge is 0.0904 e. The highest BCUT2D eigenvalue weighted by Gasteiger charge is 1.94. The van der Waals surface area contributed by atoms with E-state index in [1.54, 1.807) is 6.07 Å². The molecule has 1 radical (unpaired) electrons. The Hall–Kier alpha value is -1.18. The molecule has 0 unspecified atom stereocenters. The van der Waals surface area contributed by atoms with Gasteiger partial charge in [-0.15, -0.1) is 5.11 Å². The lowest BCUT2D eigenvalue weighted by molar-refractivity contribution is 1.25. The highest BCUT2D eigenvalue weighted by molar-refractivity contribution is 5.45. The molecule has 1 aromatic carbocycles. The molecule has 0 saturated carbocycles. The molecular weight excluding hydrogens is 124 g/mol. The number of hydrogen-bond acceptors (Lipinski definition) is 1. The first-order chi connectivity index (χ1) is 4.74. The third-order valence-electron chi connectivity index (χ3n) is 1.46. The van der Waals surface area contributed by atoms with Gasteiger partial charge >= 0.3 is 0 Å². The molecule has 0 spiro atoms. The molecule has 0 bridgehead atoms. The van der Waals surface area contributed by atoms with Crippen LogP contribution >= 0.6 is 0 Å². The van der Waals surface area contributed by atoms with Gasteiger partial charge in [-0.05, 0) is 31.0 Å². The van der Waals surface area contributed by atoms with Gasteiger partial charge in [-0.3, -0.25) is 0 Å². The summed E-state index contributed by atoms with van der Waals surface area (Å²) in [5.74, 6) is 0. The summed E-state index contributed by atoms with van der Waals surface area (Å²) in [5.41, 5.74) is 11.3. The van der Waals surface area contributed by atoms with Gasteiger partial charge in [0.15, 0.2) is 0 Å². The standard InChI is InChI=1S/C8H9N2/c1-6-3-4-8(10-9)7(2)5-6/h3-5H,1-2H3. The van der Waals surface area contributed by atoms with Crippen LogP contribution in [0.15, 0.2) is 23.3 Å². The van der Waals surface area contributed by atoms with Crippen molar-refractivity contribution in [3.63, 3.8) is 0 Å². The average Bonchev–Trinajstić information content (AvgIpc) is 1.88. The summed E-state index contributed by atoms with van der Waals surface area (Å²) in [6.07, 6.45) is 0. The van der Waals surface area contributed by atoms with E-state index in [2.05, 4.69) is 5.11 Å². The minimum absolute atomic E-state index is 0.644. The van der Waals surface area contributed by atoms with Crippen molar-refractivity contribution in [2.75, 3.05) is 0 Å². The lowest BCUT2D eigenvalue weighted by atomic mass is 10.1. The first kappa shape index (κ1) is 6.93. The zero-order chi connectivity index (χ0) is 7.56. The summed E-state index contributed by atoms with van der Waals surface area (Å²) in [4.78, 5) is 0. The minimum Gasteiger partial charge on any atom is -0.129 e. The van der Waals surface area contributed by atoms with Crippen molar-refractivity contribution in [3.05, 3.63) is 29.3 Å². The largest absolute Gasteiger partial charge is 0.129 e. The maximum absolute atomic E-state index is 8.43. The van der Waals surface area contributed by atoms with E-state index >= 15 is 0 Å². The number of nitrogens with zero attached hydrogens (tertiary/aromatic N) is 2. The van der Waals surface area contributed by atoms with E-state index in [1.165, 1.54) is 5.56 Å². The van der Waals surface area contributed by atoms with E-state index < -0.39 is 0 Å². The first-order valence-corrected chi connectivity index (χ1v) is 3.16. The molecule has 0 fully saturated rings. The van der Waals surface area contributed by atoms with Crippen molar-refractivity contribution in [1.82, 2.24) is 5.53 Å². The van der Waals surface area contributed by atoms with Crippen molar-refractivity contribution in [1.29, 1.82) is 0 Å². The second-order valence-electron chi connectivity index (χ2n) is 2.39. The lowest BCUT2D eigenvalue weighted by Gasteiger charge is -1.97. The predicted octanol–water partition coefficient (Wildman–Crippen LogP) is 2.19. The molecule has 2 heteroatoms. The molecule has 1 aromatic rings. The van der Waals surface area contributed by atoms with Crippen molar-refractivity contribution >= 4 is 5.69 Å². The van der Waals surface area contributed by atoms with Gasteiger partial charge in [0.2, 0.25) is 0 Å². The highest BCUT2D eigenvalue weighted by atomic mass is 15.0. The zero-order valence-corrected chi connectivity index (χ0v) is 6.13. The van der Waals surface area contributed by atoms with Gasteiger partial charge < -0.3 is 0 Å². The molecule has 0 aliphatic carbocycles. The fraction of sp³-hybridized carbons (Fsp3) is 0.250. The van der Waals surface area contributed by atoms with Crippen molar-refractivity contribution in [2.45, 2.75) is 13.8 Å². The molecular formula is C8H9N2. The monoisotopic (exact) mass is 133 g/mol. The fourth-order valence-electron chi connectivity index (χ4n) is 0.918. The van der Waals surface area contributed by atoms with Crippen molar-refractivity contribution in [2.24, 2.45) is 5.11 Å². The molecule has 0 amide bonds. The second kappa shape index (κ2) is 2.60. The quantitative estimate of drug-likeness (QED) is 0.526.